The molecule has 24 heavy (non-hydrogen) atoms. The molecule has 0 aromatic heterocycles. The Morgan fingerprint density at radius 1 is 1.38 bits per heavy atom. The normalized spacial score (nSPS) is 22.4. The molecule has 1 aromatic rings. The van der Waals surface area contributed by atoms with Crippen molar-refractivity contribution >= 4 is 17.7 Å². The first-order valence-corrected chi connectivity index (χ1v) is 9.40. The fraction of sp³-hybridized carbons (Fsp3) is 0.611. The molecule has 0 aliphatic carbocycles. The number of benzene rings is 1. The Hall–Kier alpha value is -1.24. The number of rotatable bonds is 8. The lowest BCUT2D eigenvalue weighted by Gasteiger charge is -2.28. The minimum absolute atomic E-state index is 0.0246. The number of aliphatic hydroxyl groups excluding tert-OH is 1. The lowest BCUT2D eigenvalue weighted by molar-refractivity contribution is 0.127. The predicted octanol–water partition coefficient (Wildman–Crippen LogP) is 2.12. The Morgan fingerprint density at radius 2 is 2.17 bits per heavy atom. The van der Waals surface area contributed by atoms with E-state index in [0.29, 0.717) is 11.9 Å². The predicted molar refractivity (Wildman–Crippen MR) is 101 cm³/mol. The second-order valence-corrected chi connectivity index (χ2v) is 7.84. The number of nitrogens with zero attached hydrogens (tertiary/aromatic N) is 1. The first-order chi connectivity index (χ1) is 11.7. The quantitative estimate of drug-likeness (QED) is 0.380. The van der Waals surface area contributed by atoms with Gasteiger partial charge < -0.3 is 20.5 Å². The van der Waals surface area contributed by atoms with Gasteiger partial charge in [0.2, 0.25) is 0 Å². The van der Waals surface area contributed by atoms with Crippen LogP contribution in [0.2, 0.25) is 0 Å². The first kappa shape index (κ1) is 19.1. The third-order valence-corrected chi connectivity index (χ3v) is 5.43. The van der Waals surface area contributed by atoms with Gasteiger partial charge in [0, 0.05) is 48.9 Å². The second-order valence-electron chi connectivity index (χ2n) is 6.32. The monoisotopic (exact) mass is 351 g/mol. The molecular formula is C18H29N3O2S. The van der Waals surface area contributed by atoms with Gasteiger partial charge in [0.15, 0.2) is 5.96 Å². The van der Waals surface area contributed by atoms with Crippen LogP contribution in [-0.2, 0) is 4.74 Å². The molecule has 0 amide bonds. The molecule has 0 saturated carbocycles. The van der Waals surface area contributed by atoms with Gasteiger partial charge >= 0.3 is 0 Å². The maximum absolute atomic E-state index is 9.30. The zero-order valence-electron chi connectivity index (χ0n) is 14.6. The molecule has 5 nitrogen and oxygen atoms in total. The third kappa shape index (κ3) is 6.00. The summed E-state index contributed by atoms with van der Waals surface area (Å²) in [6, 6.07) is 10.4. The van der Waals surface area contributed by atoms with Crippen LogP contribution in [0.25, 0.3) is 0 Å². The molecule has 134 valence electrons. The van der Waals surface area contributed by atoms with Gasteiger partial charge in [-0.1, -0.05) is 25.1 Å². The molecule has 2 unspecified atom stereocenters. The number of aliphatic imine (C=N–C) groups is 1. The summed E-state index contributed by atoms with van der Waals surface area (Å²) in [6.07, 6.45) is 1.75. The number of aliphatic hydroxyl groups is 1. The summed E-state index contributed by atoms with van der Waals surface area (Å²) < 4.78 is 5.53. The number of hydrogen-bond donors (Lipinski definition) is 3. The minimum Gasteiger partial charge on any atom is -0.396 e. The average Bonchev–Trinajstić information content (AvgIpc) is 3.05. The van der Waals surface area contributed by atoms with Gasteiger partial charge in [-0.25, -0.2) is 0 Å². The molecule has 1 aromatic carbocycles. The van der Waals surface area contributed by atoms with E-state index >= 15 is 0 Å². The summed E-state index contributed by atoms with van der Waals surface area (Å²) in [4.78, 5) is 5.58. The lowest BCUT2D eigenvalue weighted by Crippen LogP contribution is -2.45. The maximum atomic E-state index is 9.30. The Morgan fingerprint density at radius 3 is 2.79 bits per heavy atom. The Labute approximate surface area is 149 Å². The Kier molecular flexibility index (Phi) is 7.88. The number of thioether (sulfide) groups is 1. The minimum atomic E-state index is 0.0246. The smallest absolute Gasteiger partial charge is 0.191 e. The van der Waals surface area contributed by atoms with Crippen molar-refractivity contribution in [1.82, 2.24) is 10.6 Å². The Bertz CT molecular complexity index is 504. The van der Waals surface area contributed by atoms with Crippen molar-refractivity contribution in [3.8, 4) is 0 Å². The van der Waals surface area contributed by atoms with E-state index in [1.807, 2.05) is 17.8 Å². The van der Waals surface area contributed by atoms with E-state index < -0.39 is 0 Å². The highest BCUT2D eigenvalue weighted by molar-refractivity contribution is 8.00. The highest BCUT2D eigenvalue weighted by atomic mass is 32.2. The van der Waals surface area contributed by atoms with E-state index in [-0.39, 0.29) is 12.0 Å². The van der Waals surface area contributed by atoms with Gasteiger partial charge in [0.25, 0.3) is 0 Å². The number of ether oxygens (including phenoxy) is 1. The van der Waals surface area contributed by atoms with Gasteiger partial charge in [-0.2, -0.15) is 0 Å². The SMILES string of the molecule is CN=C(NCC(C)Sc1ccccc1)NCC1(CCO)CCOC1. The van der Waals surface area contributed by atoms with Crippen molar-refractivity contribution in [2.24, 2.45) is 10.4 Å². The van der Waals surface area contributed by atoms with Crippen LogP contribution in [0.5, 0.6) is 0 Å². The lowest BCUT2D eigenvalue weighted by atomic mass is 9.84. The standard InChI is InChI=1S/C18H29N3O2S/c1-15(24-16-6-4-3-5-7-16)12-20-17(19-2)21-13-18(8-10-22)9-11-23-14-18/h3-7,15,22H,8-14H2,1-2H3,(H2,19,20,21). The molecule has 2 rings (SSSR count). The van der Waals surface area contributed by atoms with Gasteiger partial charge in [0.1, 0.15) is 0 Å². The van der Waals surface area contributed by atoms with E-state index in [4.69, 9.17) is 4.74 Å². The molecule has 1 fully saturated rings. The molecule has 1 heterocycles. The summed E-state index contributed by atoms with van der Waals surface area (Å²) >= 11 is 1.85. The average molecular weight is 352 g/mol. The van der Waals surface area contributed by atoms with Crippen LogP contribution in [0.3, 0.4) is 0 Å². The molecular weight excluding hydrogens is 322 g/mol. The first-order valence-electron chi connectivity index (χ1n) is 8.52. The van der Waals surface area contributed by atoms with Crippen molar-refractivity contribution in [1.29, 1.82) is 0 Å². The van der Waals surface area contributed by atoms with Crippen LogP contribution in [0.15, 0.2) is 40.2 Å². The van der Waals surface area contributed by atoms with E-state index in [2.05, 4.69) is 46.8 Å². The molecule has 0 radical (unpaired) electrons. The maximum Gasteiger partial charge on any atom is 0.191 e. The summed E-state index contributed by atoms with van der Waals surface area (Å²) in [5.74, 6) is 0.805. The van der Waals surface area contributed by atoms with Crippen LogP contribution in [0.4, 0.5) is 0 Å². The van der Waals surface area contributed by atoms with Crippen molar-refractivity contribution in [3.63, 3.8) is 0 Å². The van der Waals surface area contributed by atoms with E-state index in [1.165, 1.54) is 4.90 Å². The van der Waals surface area contributed by atoms with Crippen LogP contribution in [-0.4, -0.2) is 56.3 Å². The van der Waals surface area contributed by atoms with E-state index in [1.54, 1.807) is 7.05 Å². The summed E-state index contributed by atoms with van der Waals surface area (Å²) in [5, 5.41) is 16.5. The van der Waals surface area contributed by atoms with Gasteiger partial charge in [-0.15, -0.1) is 11.8 Å². The van der Waals surface area contributed by atoms with E-state index in [9.17, 15) is 5.11 Å². The number of nitrogens with one attached hydrogen (secondary N) is 2. The molecule has 3 N–H and O–H groups in total. The zero-order chi connectivity index (χ0) is 17.3. The molecule has 1 aliphatic rings. The van der Waals surface area contributed by atoms with Crippen LogP contribution < -0.4 is 10.6 Å². The van der Waals surface area contributed by atoms with Crippen molar-refractivity contribution in [2.45, 2.75) is 29.9 Å². The van der Waals surface area contributed by atoms with E-state index in [0.717, 1.165) is 38.5 Å². The Balaban J connectivity index is 1.75. The van der Waals surface area contributed by atoms with Crippen molar-refractivity contribution < 1.29 is 9.84 Å². The molecule has 6 heteroatoms. The zero-order valence-corrected chi connectivity index (χ0v) is 15.4. The fourth-order valence-electron chi connectivity index (χ4n) is 2.82. The molecule has 2 atom stereocenters. The van der Waals surface area contributed by atoms with Crippen molar-refractivity contribution in [3.05, 3.63) is 30.3 Å². The summed E-state index contributed by atoms with van der Waals surface area (Å²) in [6.45, 7) is 5.49. The molecule has 0 spiro atoms. The topological polar surface area (TPSA) is 65.9 Å². The van der Waals surface area contributed by atoms with Gasteiger partial charge in [0.05, 0.1) is 6.61 Å². The number of hydrogen-bond acceptors (Lipinski definition) is 4. The van der Waals surface area contributed by atoms with Crippen LogP contribution in [0.1, 0.15) is 19.8 Å². The second kappa shape index (κ2) is 9.91. The summed E-state index contributed by atoms with van der Waals surface area (Å²) in [5.41, 5.74) is 0.0246. The van der Waals surface area contributed by atoms with Crippen LogP contribution >= 0.6 is 11.8 Å². The number of guanidine groups is 1. The molecule has 0 bridgehead atoms. The fourth-order valence-corrected chi connectivity index (χ4v) is 3.76. The highest BCUT2D eigenvalue weighted by Gasteiger charge is 2.34. The van der Waals surface area contributed by atoms with Crippen LogP contribution in [0, 0.1) is 5.41 Å². The summed E-state index contributed by atoms with van der Waals surface area (Å²) in [7, 11) is 1.79. The van der Waals surface area contributed by atoms with Crippen molar-refractivity contribution in [2.75, 3.05) is 40.0 Å². The highest BCUT2D eigenvalue weighted by Crippen LogP contribution is 2.31. The molecule has 1 saturated heterocycles. The molecule has 1 aliphatic heterocycles. The third-order valence-electron chi connectivity index (χ3n) is 4.32. The largest absolute Gasteiger partial charge is 0.396 e. The van der Waals surface area contributed by atoms with Gasteiger partial charge in [-0.05, 0) is 25.0 Å². The van der Waals surface area contributed by atoms with Gasteiger partial charge in [-0.3, -0.25) is 4.99 Å².